The molecule has 0 amide bonds. The van der Waals surface area contributed by atoms with Crippen molar-refractivity contribution in [3.05, 3.63) is 52.6 Å². The summed E-state index contributed by atoms with van der Waals surface area (Å²) in [5.41, 5.74) is 0.644. The molecule has 20 heavy (non-hydrogen) atoms. The smallest absolute Gasteiger partial charge is 0.278 e. The van der Waals surface area contributed by atoms with Gasteiger partial charge in [-0.25, -0.2) is 9.07 Å². The summed E-state index contributed by atoms with van der Waals surface area (Å²) in [4.78, 5) is 15.4. The van der Waals surface area contributed by atoms with Crippen LogP contribution in [0.15, 0.2) is 45.7 Å². The fourth-order valence-electron chi connectivity index (χ4n) is 1.69. The van der Waals surface area contributed by atoms with E-state index in [0.29, 0.717) is 11.3 Å². The molecule has 3 rings (SSSR count). The molecule has 0 unspecified atom stereocenters. The van der Waals surface area contributed by atoms with E-state index < -0.39 is 0 Å². The highest BCUT2D eigenvalue weighted by Crippen LogP contribution is 2.20. The summed E-state index contributed by atoms with van der Waals surface area (Å²) in [6.45, 7) is 0. The number of nitrogens with zero attached hydrogens (tertiary/aromatic N) is 4. The van der Waals surface area contributed by atoms with Crippen LogP contribution < -0.4 is 5.56 Å². The molecule has 0 radical (unpaired) electrons. The van der Waals surface area contributed by atoms with E-state index in [1.54, 1.807) is 12.1 Å². The first kappa shape index (κ1) is 12.2. The summed E-state index contributed by atoms with van der Waals surface area (Å²) in [5.74, 6) is 0.0455. The Bertz CT molecular complexity index is 825. The van der Waals surface area contributed by atoms with Crippen LogP contribution in [0.2, 0.25) is 0 Å². The first-order valence-corrected chi connectivity index (χ1v) is 5.78. The van der Waals surface area contributed by atoms with E-state index in [0.717, 1.165) is 0 Å². The van der Waals surface area contributed by atoms with Crippen molar-refractivity contribution in [2.24, 2.45) is 7.05 Å². The molecule has 3 aromatic rings. The van der Waals surface area contributed by atoms with E-state index in [1.807, 2.05) is 0 Å². The summed E-state index contributed by atoms with van der Waals surface area (Å²) in [7, 11) is 1.52. The van der Waals surface area contributed by atoms with Gasteiger partial charge in [-0.15, -0.1) is 0 Å². The second-order valence-corrected chi connectivity index (χ2v) is 4.11. The molecule has 0 fully saturated rings. The Labute approximate surface area is 112 Å². The van der Waals surface area contributed by atoms with E-state index in [2.05, 4.69) is 15.2 Å². The van der Waals surface area contributed by atoms with Crippen LogP contribution in [0.5, 0.6) is 0 Å². The summed E-state index contributed by atoms with van der Waals surface area (Å²) in [5, 5.41) is 7.78. The molecule has 2 aromatic heterocycles. The lowest BCUT2D eigenvalue weighted by Gasteiger charge is -1.96. The summed E-state index contributed by atoms with van der Waals surface area (Å²) >= 11 is 0. The van der Waals surface area contributed by atoms with Gasteiger partial charge in [-0.1, -0.05) is 17.3 Å². The van der Waals surface area contributed by atoms with Gasteiger partial charge < -0.3 is 4.52 Å². The fourth-order valence-corrected chi connectivity index (χ4v) is 1.69. The number of aromatic nitrogens is 4. The van der Waals surface area contributed by atoms with Crippen LogP contribution in [0.1, 0.15) is 0 Å². The molecule has 0 aliphatic rings. The number of halogens is 1. The van der Waals surface area contributed by atoms with Crippen molar-refractivity contribution in [1.29, 1.82) is 0 Å². The topological polar surface area (TPSA) is 73.8 Å². The fraction of sp³-hybridized carbons (Fsp3) is 0.0769. The maximum atomic E-state index is 13.1. The Morgan fingerprint density at radius 1 is 1.25 bits per heavy atom. The van der Waals surface area contributed by atoms with E-state index >= 15 is 0 Å². The minimum absolute atomic E-state index is 0.167. The molecule has 7 heteroatoms. The highest BCUT2D eigenvalue weighted by molar-refractivity contribution is 5.57. The maximum absolute atomic E-state index is 13.1. The predicted octanol–water partition coefficient (Wildman–Crippen LogP) is 1.64. The van der Waals surface area contributed by atoms with E-state index in [-0.39, 0.29) is 23.1 Å². The average molecular weight is 272 g/mol. The lowest BCUT2D eigenvalue weighted by Crippen LogP contribution is -2.18. The first-order chi connectivity index (χ1) is 9.63. The normalized spacial score (nSPS) is 10.7. The van der Waals surface area contributed by atoms with Gasteiger partial charge in [-0.2, -0.15) is 10.1 Å². The SMILES string of the molecule is Cn1nc(-c2nc(-c3cccc(F)c3)no2)ccc1=O. The molecule has 1 aromatic carbocycles. The van der Waals surface area contributed by atoms with Gasteiger partial charge in [0.25, 0.3) is 11.4 Å². The highest BCUT2D eigenvalue weighted by atomic mass is 19.1. The summed E-state index contributed by atoms with van der Waals surface area (Å²) in [6.07, 6.45) is 0. The van der Waals surface area contributed by atoms with Gasteiger partial charge in [0, 0.05) is 18.7 Å². The zero-order valence-corrected chi connectivity index (χ0v) is 10.4. The van der Waals surface area contributed by atoms with Gasteiger partial charge in [-0.05, 0) is 18.2 Å². The third-order valence-corrected chi connectivity index (χ3v) is 2.69. The van der Waals surface area contributed by atoms with Crippen LogP contribution in [0, 0.1) is 5.82 Å². The van der Waals surface area contributed by atoms with Crippen molar-refractivity contribution in [3.8, 4) is 23.0 Å². The molecule has 100 valence electrons. The zero-order valence-electron chi connectivity index (χ0n) is 10.4. The lowest BCUT2D eigenvalue weighted by atomic mass is 10.2. The van der Waals surface area contributed by atoms with Crippen molar-refractivity contribution in [3.63, 3.8) is 0 Å². The average Bonchev–Trinajstić information content (AvgIpc) is 2.92. The van der Waals surface area contributed by atoms with Crippen LogP contribution in [-0.2, 0) is 7.05 Å². The largest absolute Gasteiger partial charge is 0.332 e. The minimum atomic E-state index is -0.380. The number of rotatable bonds is 2. The Balaban J connectivity index is 2.01. The standard InChI is InChI=1S/C13H9FN4O2/c1-18-11(19)6-5-10(16-18)13-15-12(17-20-13)8-3-2-4-9(14)7-8/h2-7H,1H3. The molecule has 0 aliphatic heterocycles. The van der Waals surface area contributed by atoms with Gasteiger partial charge in [0.2, 0.25) is 5.82 Å². The summed E-state index contributed by atoms with van der Waals surface area (Å²) in [6, 6.07) is 8.72. The lowest BCUT2D eigenvalue weighted by molar-refractivity contribution is 0.429. The Morgan fingerprint density at radius 3 is 2.85 bits per heavy atom. The van der Waals surface area contributed by atoms with Crippen LogP contribution >= 0.6 is 0 Å². The Kier molecular flexibility index (Phi) is 2.86. The monoisotopic (exact) mass is 272 g/mol. The molecule has 0 atom stereocenters. The Morgan fingerprint density at radius 2 is 2.10 bits per heavy atom. The molecule has 0 aliphatic carbocycles. The van der Waals surface area contributed by atoms with E-state index in [4.69, 9.17) is 4.52 Å². The first-order valence-electron chi connectivity index (χ1n) is 5.78. The molecule has 0 saturated heterocycles. The molecule has 0 saturated carbocycles. The van der Waals surface area contributed by atoms with Crippen molar-refractivity contribution in [2.75, 3.05) is 0 Å². The molecule has 0 bridgehead atoms. The number of hydrogen-bond donors (Lipinski definition) is 0. The molecule has 6 nitrogen and oxygen atoms in total. The molecule has 0 N–H and O–H groups in total. The van der Waals surface area contributed by atoms with E-state index in [9.17, 15) is 9.18 Å². The van der Waals surface area contributed by atoms with E-state index in [1.165, 1.54) is 36.0 Å². The van der Waals surface area contributed by atoms with Crippen LogP contribution in [0.3, 0.4) is 0 Å². The quantitative estimate of drug-likeness (QED) is 0.709. The van der Waals surface area contributed by atoms with Crippen molar-refractivity contribution < 1.29 is 8.91 Å². The summed E-state index contributed by atoms with van der Waals surface area (Å²) < 4.78 is 19.4. The number of benzene rings is 1. The highest BCUT2D eigenvalue weighted by Gasteiger charge is 2.12. The maximum Gasteiger partial charge on any atom is 0.278 e. The second-order valence-electron chi connectivity index (χ2n) is 4.11. The van der Waals surface area contributed by atoms with Crippen LogP contribution in [0.25, 0.3) is 23.0 Å². The van der Waals surface area contributed by atoms with Gasteiger partial charge in [0.15, 0.2) is 0 Å². The van der Waals surface area contributed by atoms with Crippen LogP contribution in [-0.4, -0.2) is 19.9 Å². The third kappa shape index (κ3) is 2.20. The van der Waals surface area contributed by atoms with Gasteiger partial charge >= 0.3 is 0 Å². The minimum Gasteiger partial charge on any atom is -0.332 e. The second kappa shape index (κ2) is 4.69. The van der Waals surface area contributed by atoms with Gasteiger partial charge in [-0.3, -0.25) is 4.79 Å². The zero-order chi connectivity index (χ0) is 14.1. The van der Waals surface area contributed by atoms with Gasteiger partial charge in [0.05, 0.1) is 0 Å². The van der Waals surface area contributed by atoms with Crippen molar-refractivity contribution >= 4 is 0 Å². The van der Waals surface area contributed by atoms with Gasteiger partial charge in [0.1, 0.15) is 11.5 Å². The number of hydrogen-bond acceptors (Lipinski definition) is 5. The van der Waals surface area contributed by atoms with Crippen molar-refractivity contribution in [1.82, 2.24) is 19.9 Å². The number of aryl methyl sites for hydroxylation is 1. The molecule has 0 spiro atoms. The molecular weight excluding hydrogens is 263 g/mol. The molecule has 2 heterocycles. The molecular formula is C13H9FN4O2. The Hall–Kier alpha value is -2.83. The van der Waals surface area contributed by atoms with Crippen molar-refractivity contribution in [2.45, 2.75) is 0 Å². The third-order valence-electron chi connectivity index (χ3n) is 2.69. The van der Waals surface area contributed by atoms with Crippen LogP contribution in [0.4, 0.5) is 4.39 Å². The predicted molar refractivity (Wildman–Crippen MR) is 68.2 cm³/mol.